The fourth-order valence-corrected chi connectivity index (χ4v) is 6.52. The zero-order valence-electron chi connectivity index (χ0n) is 23.2. The van der Waals surface area contributed by atoms with Crippen molar-refractivity contribution in [3.05, 3.63) is 152 Å². The van der Waals surface area contributed by atoms with E-state index in [1.807, 2.05) is 18.2 Å². The summed E-state index contributed by atoms with van der Waals surface area (Å²) in [5.41, 5.74) is 8.94. The Morgan fingerprint density at radius 2 is 1.12 bits per heavy atom. The van der Waals surface area contributed by atoms with E-state index in [-0.39, 0.29) is 0 Å². The third-order valence-electron chi connectivity index (χ3n) is 8.44. The summed E-state index contributed by atoms with van der Waals surface area (Å²) in [5.74, 6) is 0. The standard InChI is InChI=1S/C40H25NO2/c1-2-13-28(14-3-1)41(35-20-9-19-33-32-17-6-7-21-36(32)42-40(33)35)29-15-8-12-27(25-29)30-18-10-22-37-38(30)34-24-23-26-11-4-5-16-31(26)39(34)43-37/h1-25H. The molecule has 0 radical (unpaired) electrons. The van der Waals surface area contributed by atoms with E-state index in [1.54, 1.807) is 0 Å². The van der Waals surface area contributed by atoms with Crippen LogP contribution in [0.1, 0.15) is 0 Å². The fourth-order valence-electron chi connectivity index (χ4n) is 6.52. The molecule has 0 spiro atoms. The van der Waals surface area contributed by atoms with Crippen molar-refractivity contribution in [3.8, 4) is 11.1 Å². The molecule has 43 heavy (non-hydrogen) atoms. The van der Waals surface area contributed by atoms with Crippen molar-refractivity contribution in [2.45, 2.75) is 0 Å². The highest BCUT2D eigenvalue weighted by atomic mass is 16.3. The molecule has 0 amide bonds. The quantitative estimate of drug-likeness (QED) is 0.218. The highest BCUT2D eigenvalue weighted by Gasteiger charge is 2.20. The summed E-state index contributed by atoms with van der Waals surface area (Å²) in [6.07, 6.45) is 0. The maximum Gasteiger partial charge on any atom is 0.159 e. The van der Waals surface area contributed by atoms with Crippen LogP contribution in [0.25, 0.3) is 65.8 Å². The van der Waals surface area contributed by atoms with Crippen LogP contribution in [-0.2, 0) is 0 Å². The molecule has 202 valence electrons. The Morgan fingerprint density at radius 1 is 0.419 bits per heavy atom. The average Bonchev–Trinajstić information content (AvgIpc) is 3.65. The van der Waals surface area contributed by atoms with Crippen LogP contribution < -0.4 is 4.90 Å². The zero-order chi connectivity index (χ0) is 28.3. The lowest BCUT2D eigenvalue weighted by Gasteiger charge is -2.26. The van der Waals surface area contributed by atoms with Gasteiger partial charge in [0.05, 0.1) is 5.69 Å². The minimum Gasteiger partial charge on any atom is -0.455 e. The second-order valence-corrected chi connectivity index (χ2v) is 10.9. The van der Waals surface area contributed by atoms with Crippen molar-refractivity contribution in [2.24, 2.45) is 0 Å². The first-order chi connectivity index (χ1) is 21.3. The van der Waals surface area contributed by atoms with Crippen LogP contribution in [-0.4, -0.2) is 0 Å². The molecule has 0 saturated carbocycles. The summed E-state index contributed by atoms with van der Waals surface area (Å²) in [6, 6.07) is 53.0. The van der Waals surface area contributed by atoms with Crippen molar-refractivity contribution in [1.82, 2.24) is 0 Å². The number of rotatable bonds is 4. The minimum absolute atomic E-state index is 0.868. The van der Waals surface area contributed by atoms with E-state index in [9.17, 15) is 0 Å². The molecule has 9 rings (SSSR count). The van der Waals surface area contributed by atoms with Crippen LogP contribution in [0.3, 0.4) is 0 Å². The number of hydrogen-bond donors (Lipinski definition) is 0. The number of fused-ring (bicyclic) bond motifs is 8. The van der Waals surface area contributed by atoms with Crippen molar-refractivity contribution in [1.29, 1.82) is 0 Å². The Bertz CT molecular complexity index is 2470. The number of anilines is 3. The van der Waals surface area contributed by atoms with Gasteiger partial charge in [-0.25, -0.2) is 0 Å². The van der Waals surface area contributed by atoms with Crippen LogP contribution in [0.2, 0.25) is 0 Å². The average molecular weight is 552 g/mol. The minimum atomic E-state index is 0.868. The molecule has 0 aliphatic rings. The molecule has 0 saturated heterocycles. The molecule has 0 atom stereocenters. The lowest BCUT2D eigenvalue weighted by Crippen LogP contribution is -2.10. The van der Waals surface area contributed by atoms with E-state index >= 15 is 0 Å². The van der Waals surface area contributed by atoms with Crippen LogP contribution in [0, 0.1) is 0 Å². The third-order valence-corrected chi connectivity index (χ3v) is 8.44. The molecule has 0 unspecified atom stereocenters. The summed E-state index contributed by atoms with van der Waals surface area (Å²) >= 11 is 0. The molecular weight excluding hydrogens is 526 g/mol. The van der Waals surface area contributed by atoms with Gasteiger partial charge in [-0.1, -0.05) is 103 Å². The zero-order valence-corrected chi connectivity index (χ0v) is 23.2. The normalized spacial score (nSPS) is 11.7. The predicted molar refractivity (Wildman–Crippen MR) is 179 cm³/mol. The SMILES string of the molecule is c1ccc(N(c2cccc(-c3cccc4oc5c6ccccc6ccc5c34)c2)c2cccc3c2oc2ccccc23)cc1. The van der Waals surface area contributed by atoms with Gasteiger partial charge in [0.15, 0.2) is 5.58 Å². The first kappa shape index (κ1) is 23.9. The Balaban J connectivity index is 1.27. The van der Waals surface area contributed by atoms with Crippen molar-refractivity contribution >= 4 is 71.7 Å². The fraction of sp³-hybridized carbons (Fsp3) is 0. The van der Waals surface area contributed by atoms with Crippen molar-refractivity contribution < 1.29 is 8.83 Å². The van der Waals surface area contributed by atoms with Gasteiger partial charge in [-0.3, -0.25) is 0 Å². The van der Waals surface area contributed by atoms with Gasteiger partial charge in [-0.15, -0.1) is 0 Å². The van der Waals surface area contributed by atoms with Crippen LogP contribution in [0.4, 0.5) is 17.1 Å². The molecule has 9 aromatic rings. The smallest absolute Gasteiger partial charge is 0.159 e. The molecule has 0 aliphatic heterocycles. The second-order valence-electron chi connectivity index (χ2n) is 10.9. The Morgan fingerprint density at radius 3 is 2.05 bits per heavy atom. The largest absolute Gasteiger partial charge is 0.455 e. The van der Waals surface area contributed by atoms with Crippen LogP contribution >= 0.6 is 0 Å². The monoisotopic (exact) mass is 551 g/mol. The third kappa shape index (κ3) is 3.68. The molecule has 2 heterocycles. The maximum atomic E-state index is 6.50. The molecule has 2 aromatic heterocycles. The molecule has 3 nitrogen and oxygen atoms in total. The summed E-state index contributed by atoms with van der Waals surface area (Å²) < 4.78 is 13.0. The Hall–Kier alpha value is -5.80. The molecule has 0 fully saturated rings. The van der Waals surface area contributed by atoms with Gasteiger partial charge >= 0.3 is 0 Å². The van der Waals surface area contributed by atoms with Gasteiger partial charge < -0.3 is 13.7 Å². The van der Waals surface area contributed by atoms with Crippen LogP contribution in [0.5, 0.6) is 0 Å². The predicted octanol–water partition coefficient (Wildman–Crippen LogP) is 11.8. The lowest BCUT2D eigenvalue weighted by atomic mass is 9.97. The molecule has 7 aromatic carbocycles. The summed E-state index contributed by atoms with van der Waals surface area (Å²) in [7, 11) is 0. The second kappa shape index (κ2) is 9.37. The van der Waals surface area contributed by atoms with E-state index in [4.69, 9.17) is 8.83 Å². The maximum absolute atomic E-state index is 6.50. The van der Waals surface area contributed by atoms with Crippen LogP contribution in [0.15, 0.2) is 160 Å². The highest BCUT2D eigenvalue weighted by molar-refractivity contribution is 6.19. The van der Waals surface area contributed by atoms with Gasteiger partial charge in [0, 0.05) is 38.3 Å². The van der Waals surface area contributed by atoms with Gasteiger partial charge in [-0.2, -0.15) is 0 Å². The first-order valence-electron chi connectivity index (χ1n) is 14.5. The van der Waals surface area contributed by atoms with E-state index in [0.717, 1.165) is 77.5 Å². The van der Waals surface area contributed by atoms with E-state index in [1.165, 1.54) is 5.39 Å². The van der Waals surface area contributed by atoms with Gasteiger partial charge in [0.2, 0.25) is 0 Å². The van der Waals surface area contributed by atoms with E-state index < -0.39 is 0 Å². The van der Waals surface area contributed by atoms with E-state index in [2.05, 4.69) is 138 Å². The number of furan rings is 2. The number of hydrogen-bond acceptors (Lipinski definition) is 3. The molecule has 0 bridgehead atoms. The topological polar surface area (TPSA) is 29.5 Å². The summed E-state index contributed by atoms with van der Waals surface area (Å²) in [4.78, 5) is 2.29. The number of para-hydroxylation sites is 3. The summed E-state index contributed by atoms with van der Waals surface area (Å²) in [6.45, 7) is 0. The van der Waals surface area contributed by atoms with E-state index in [0.29, 0.717) is 0 Å². The number of nitrogens with zero attached hydrogens (tertiary/aromatic N) is 1. The molecule has 0 N–H and O–H groups in total. The van der Waals surface area contributed by atoms with Gasteiger partial charge in [-0.05, 0) is 65.0 Å². The van der Waals surface area contributed by atoms with Gasteiger partial charge in [0.1, 0.15) is 16.7 Å². The number of benzene rings is 7. The summed E-state index contributed by atoms with van der Waals surface area (Å²) in [5, 5.41) is 6.79. The van der Waals surface area contributed by atoms with Crippen molar-refractivity contribution in [2.75, 3.05) is 4.90 Å². The highest BCUT2D eigenvalue weighted by Crippen LogP contribution is 2.44. The lowest BCUT2D eigenvalue weighted by molar-refractivity contribution is 0.669. The van der Waals surface area contributed by atoms with Gasteiger partial charge in [0.25, 0.3) is 0 Å². The molecular formula is C40H25NO2. The first-order valence-corrected chi connectivity index (χ1v) is 14.5. The Kier molecular flexibility index (Phi) is 5.20. The van der Waals surface area contributed by atoms with Crippen molar-refractivity contribution in [3.63, 3.8) is 0 Å². The Labute approximate surface area is 247 Å². The molecule has 3 heteroatoms. The molecule has 0 aliphatic carbocycles.